The molecule has 0 radical (unpaired) electrons. The Labute approximate surface area is 155 Å². The monoisotopic (exact) mass is 381 g/mol. The number of aliphatic hydroxyl groups is 1. The van der Waals surface area contributed by atoms with Crippen LogP contribution in [0, 0.1) is 0 Å². The fourth-order valence-electron chi connectivity index (χ4n) is 2.74. The number of hydrogen-bond donors (Lipinski definition) is 1. The predicted molar refractivity (Wildman–Crippen MR) is 99.5 cm³/mol. The lowest BCUT2D eigenvalue weighted by Crippen LogP contribution is -2.28. The Hall–Kier alpha value is -1.74. The number of nitrogens with zero attached hydrogens (tertiary/aromatic N) is 3. The van der Waals surface area contributed by atoms with Crippen molar-refractivity contribution in [3.8, 4) is 0 Å². The summed E-state index contributed by atoms with van der Waals surface area (Å²) in [5, 5.41) is 9.48. The standard InChI is InChI=1S/C18H27N3O4S/c1-3-26(23,24)18-19-13-17(21(18)10-12-25-2)15-20(9-11-22)14-16-7-5-4-6-8-16/h4-8,13,22H,3,9-12,14-15H2,1-2H3. The average Bonchev–Trinajstić information content (AvgIpc) is 3.04. The molecule has 1 N–H and O–H groups in total. The molecule has 1 aromatic carbocycles. The minimum atomic E-state index is -3.42. The first-order valence-corrected chi connectivity index (χ1v) is 10.3. The Balaban J connectivity index is 2.27. The number of hydrogen-bond acceptors (Lipinski definition) is 6. The molecule has 26 heavy (non-hydrogen) atoms. The van der Waals surface area contributed by atoms with Crippen molar-refractivity contribution in [1.29, 1.82) is 0 Å². The summed E-state index contributed by atoms with van der Waals surface area (Å²) in [6.45, 7) is 4.09. The van der Waals surface area contributed by atoms with E-state index in [2.05, 4.69) is 9.88 Å². The van der Waals surface area contributed by atoms with Crippen molar-refractivity contribution >= 4 is 9.84 Å². The number of imidazole rings is 1. The second kappa shape index (κ2) is 9.82. The molecule has 0 aliphatic heterocycles. The van der Waals surface area contributed by atoms with Crippen molar-refractivity contribution in [2.24, 2.45) is 0 Å². The summed E-state index contributed by atoms with van der Waals surface area (Å²) in [4.78, 5) is 6.23. The van der Waals surface area contributed by atoms with Gasteiger partial charge in [-0.25, -0.2) is 13.4 Å². The van der Waals surface area contributed by atoms with Gasteiger partial charge in [0.2, 0.25) is 15.0 Å². The summed E-state index contributed by atoms with van der Waals surface area (Å²) >= 11 is 0. The van der Waals surface area contributed by atoms with Gasteiger partial charge in [-0.1, -0.05) is 37.3 Å². The van der Waals surface area contributed by atoms with E-state index in [4.69, 9.17) is 4.74 Å². The van der Waals surface area contributed by atoms with Gasteiger partial charge >= 0.3 is 0 Å². The van der Waals surface area contributed by atoms with Crippen LogP contribution < -0.4 is 0 Å². The molecule has 0 bridgehead atoms. The summed E-state index contributed by atoms with van der Waals surface area (Å²) in [7, 11) is -1.84. The second-order valence-electron chi connectivity index (χ2n) is 6.00. The Morgan fingerprint density at radius 3 is 2.58 bits per heavy atom. The van der Waals surface area contributed by atoms with Gasteiger partial charge in [-0.15, -0.1) is 0 Å². The van der Waals surface area contributed by atoms with Crippen LogP contribution >= 0.6 is 0 Å². The number of aromatic nitrogens is 2. The molecule has 144 valence electrons. The normalized spacial score (nSPS) is 12.0. The van der Waals surface area contributed by atoms with Crippen LogP contribution in [-0.2, 0) is 34.2 Å². The Kier molecular flexibility index (Phi) is 7.77. The maximum absolute atomic E-state index is 12.3. The van der Waals surface area contributed by atoms with Crippen LogP contribution in [0.2, 0.25) is 0 Å². The van der Waals surface area contributed by atoms with Gasteiger partial charge < -0.3 is 14.4 Å². The van der Waals surface area contributed by atoms with Crippen LogP contribution in [0.5, 0.6) is 0 Å². The first kappa shape index (κ1) is 20.6. The van der Waals surface area contributed by atoms with Crippen molar-refractivity contribution < 1.29 is 18.3 Å². The van der Waals surface area contributed by atoms with Crippen molar-refractivity contribution in [1.82, 2.24) is 14.5 Å². The highest BCUT2D eigenvalue weighted by molar-refractivity contribution is 7.91. The van der Waals surface area contributed by atoms with Crippen LogP contribution in [0.3, 0.4) is 0 Å². The number of sulfone groups is 1. The maximum atomic E-state index is 12.3. The molecule has 8 heteroatoms. The molecule has 2 rings (SSSR count). The molecule has 2 aromatic rings. The fraction of sp³-hybridized carbons (Fsp3) is 0.500. The zero-order valence-corrected chi connectivity index (χ0v) is 16.2. The molecule has 0 amide bonds. The third-order valence-electron chi connectivity index (χ3n) is 4.13. The number of ether oxygens (including phenoxy) is 1. The lowest BCUT2D eigenvalue weighted by atomic mass is 10.2. The first-order valence-electron chi connectivity index (χ1n) is 8.65. The highest BCUT2D eigenvalue weighted by Crippen LogP contribution is 2.16. The molecule has 0 saturated heterocycles. The van der Waals surface area contributed by atoms with Gasteiger partial charge in [-0.05, 0) is 5.56 Å². The quantitative estimate of drug-likeness (QED) is 0.632. The largest absolute Gasteiger partial charge is 0.395 e. The molecule has 0 unspecified atom stereocenters. The van der Waals surface area contributed by atoms with Crippen LogP contribution in [-0.4, -0.2) is 60.6 Å². The summed E-state index contributed by atoms with van der Waals surface area (Å²) in [5.74, 6) is 0.000799. The summed E-state index contributed by atoms with van der Waals surface area (Å²) in [6, 6.07) is 9.96. The maximum Gasteiger partial charge on any atom is 0.227 e. The van der Waals surface area contributed by atoms with Crippen LogP contribution in [0.25, 0.3) is 0 Å². The highest BCUT2D eigenvalue weighted by atomic mass is 32.2. The molecule has 0 spiro atoms. The minimum absolute atomic E-state index is 0.000799. The zero-order chi connectivity index (χ0) is 19.0. The SMILES string of the molecule is CCS(=O)(=O)c1ncc(CN(CCO)Cc2ccccc2)n1CCOC. The van der Waals surface area contributed by atoms with Crippen LogP contribution in [0.15, 0.2) is 41.7 Å². The molecule has 7 nitrogen and oxygen atoms in total. The van der Waals surface area contributed by atoms with E-state index in [0.29, 0.717) is 32.8 Å². The highest BCUT2D eigenvalue weighted by Gasteiger charge is 2.22. The second-order valence-corrected chi connectivity index (χ2v) is 8.17. The summed E-state index contributed by atoms with van der Waals surface area (Å²) < 4.78 is 31.5. The van der Waals surface area contributed by atoms with Gasteiger partial charge in [0.05, 0.1) is 30.9 Å². The van der Waals surface area contributed by atoms with Crippen LogP contribution in [0.1, 0.15) is 18.2 Å². The first-order chi connectivity index (χ1) is 12.5. The van der Waals surface area contributed by atoms with Crippen molar-refractivity contribution in [2.75, 3.05) is 32.6 Å². The van der Waals surface area contributed by atoms with Gasteiger partial charge in [0.1, 0.15) is 0 Å². The van der Waals surface area contributed by atoms with E-state index in [1.54, 1.807) is 24.8 Å². The zero-order valence-electron chi connectivity index (χ0n) is 15.3. The number of methoxy groups -OCH3 is 1. The Morgan fingerprint density at radius 1 is 1.23 bits per heavy atom. The Morgan fingerprint density at radius 2 is 1.96 bits per heavy atom. The van der Waals surface area contributed by atoms with Gasteiger partial charge in [-0.2, -0.15) is 0 Å². The molecule has 0 fully saturated rings. The molecule has 0 saturated carbocycles. The molecular weight excluding hydrogens is 354 g/mol. The van der Waals surface area contributed by atoms with Gasteiger partial charge in [-0.3, -0.25) is 4.90 Å². The van der Waals surface area contributed by atoms with Crippen molar-refractivity contribution in [3.05, 3.63) is 47.8 Å². The van der Waals surface area contributed by atoms with Gasteiger partial charge in [0.25, 0.3) is 0 Å². The number of benzene rings is 1. The third kappa shape index (κ3) is 5.38. The smallest absolute Gasteiger partial charge is 0.227 e. The lowest BCUT2D eigenvalue weighted by molar-refractivity contribution is 0.170. The van der Waals surface area contributed by atoms with E-state index in [1.165, 1.54) is 0 Å². The van der Waals surface area contributed by atoms with E-state index in [0.717, 1.165) is 11.3 Å². The van der Waals surface area contributed by atoms with E-state index in [1.807, 2.05) is 30.3 Å². The van der Waals surface area contributed by atoms with Crippen molar-refractivity contribution in [3.63, 3.8) is 0 Å². The van der Waals surface area contributed by atoms with E-state index >= 15 is 0 Å². The molecule has 0 aliphatic carbocycles. The fourth-order valence-corrected chi connectivity index (χ4v) is 3.76. The molecule has 0 aliphatic rings. The van der Waals surface area contributed by atoms with Gasteiger partial charge in [0, 0.05) is 33.3 Å². The van der Waals surface area contributed by atoms with Crippen LogP contribution in [0.4, 0.5) is 0 Å². The summed E-state index contributed by atoms with van der Waals surface area (Å²) in [5.41, 5.74) is 1.92. The summed E-state index contributed by atoms with van der Waals surface area (Å²) in [6.07, 6.45) is 1.60. The predicted octanol–water partition coefficient (Wildman–Crippen LogP) is 1.32. The average molecular weight is 381 g/mol. The molecule has 0 atom stereocenters. The number of aliphatic hydroxyl groups excluding tert-OH is 1. The van der Waals surface area contributed by atoms with E-state index in [9.17, 15) is 13.5 Å². The minimum Gasteiger partial charge on any atom is -0.395 e. The Bertz CT molecular complexity index is 775. The molecular formula is C18H27N3O4S. The third-order valence-corrected chi connectivity index (χ3v) is 5.77. The van der Waals surface area contributed by atoms with E-state index < -0.39 is 9.84 Å². The van der Waals surface area contributed by atoms with E-state index in [-0.39, 0.29) is 17.5 Å². The van der Waals surface area contributed by atoms with Gasteiger partial charge in [0.15, 0.2) is 0 Å². The molecule has 1 aromatic heterocycles. The lowest BCUT2D eigenvalue weighted by Gasteiger charge is -2.22. The number of rotatable bonds is 11. The van der Waals surface area contributed by atoms with Crippen molar-refractivity contribution in [2.45, 2.75) is 31.7 Å². The molecule has 1 heterocycles. The topological polar surface area (TPSA) is 84.7 Å².